The number of nitrogens with one attached hydrogen (secondary N) is 2. The number of benzene rings is 1. The van der Waals surface area contributed by atoms with Gasteiger partial charge in [0.25, 0.3) is 0 Å². The van der Waals surface area contributed by atoms with Crippen molar-refractivity contribution in [2.45, 2.75) is 18.5 Å². The Morgan fingerprint density at radius 1 is 1.22 bits per heavy atom. The summed E-state index contributed by atoms with van der Waals surface area (Å²) in [5, 5.41) is 9.84. The molecule has 27 heavy (non-hydrogen) atoms. The first-order valence-electron chi connectivity index (χ1n) is 8.61. The fourth-order valence-corrected chi connectivity index (χ4v) is 3.17. The van der Waals surface area contributed by atoms with Crippen LogP contribution in [0.25, 0.3) is 11.4 Å². The lowest BCUT2D eigenvalue weighted by atomic mass is 10.1. The SMILES string of the molecule is CN1CC(NC(=O)Nc2ccccc2)CC1c1nc(-c2cncnc2)no1. The summed E-state index contributed by atoms with van der Waals surface area (Å²) in [5.74, 6) is 0.973. The highest BCUT2D eigenvalue weighted by Crippen LogP contribution is 2.30. The fraction of sp³-hybridized carbons (Fsp3) is 0.278. The molecule has 9 heteroatoms. The van der Waals surface area contributed by atoms with Gasteiger partial charge in [0.15, 0.2) is 0 Å². The van der Waals surface area contributed by atoms with E-state index in [9.17, 15) is 4.79 Å². The summed E-state index contributed by atoms with van der Waals surface area (Å²) in [6.07, 6.45) is 5.41. The maximum absolute atomic E-state index is 12.2. The number of rotatable bonds is 4. The first-order chi connectivity index (χ1) is 13.2. The number of amides is 2. The van der Waals surface area contributed by atoms with E-state index in [1.165, 1.54) is 6.33 Å². The van der Waals surface area contributed by atoms with Gasteiger partial charge in [-0.3, -0.25) is 4.90 Å². The summed E-state index contributed by atoms with van der Waals surface area (Å²) < 4.78 is 5.44. The summed E-state index contributed by atoms with van der Waals surface area (Å²) in [7, 11) is 1.97. The quantitative estimate of drug-likeness (QED) is 0.728. The normalized spacial score (nSPS) is 19.7. The molecule has 2 N–H and O–H groups in total. The second kappa shape index (κ2) is 7.50. The van der Waals surface area contributed by atoms with Crippen molar-refractivity contribution in [2.75, 3.05) is 18.9 Å². The maximum atomic E-state index is 12.2. The van der Waals surface area contributed by atoms with Crippen molar-refractivity contribution in [3.8, 4) is 11.4 Å². The van der Waals surface area contributed by atoms with Crippen LogP contribution in [0.4, 0.5) is 10.5 Å². The van der Waals surface area contributed by atoms with Crippen LogP contribution in [0.15, 0.2) is 53.6 Å². The van der Waals surface area contributed by atoms with E-state index in [0.717, 1.165) is 5.69 Å². The van der Waals surface area contributed by atoms with Crippen LogP contribution < -0.4 is 10.6 Å². The Kier molecular flexibility index (Phi) is 4.75. The summed E-state index contributed by atoms with van der Waals surface area (Å²) >= 11 is 0. The zero-order valence-electron chi connectivity index (χ0n) is 14.7. The van der Waals surface area contributed by atoms with E-state index in [4.69, 9.17) is 4.52 Å². The molecular formula is C18H19N7O2. The van der Waals surface area contributed by atoms with E-state index in [2.05, 4.69) is 35.6 Å². The highest BCUT2D eigenvalue weighted by atomic mass is 16.5. The van der Waals surface area contributed by atoms with Gasteiger partial charge in [0.05, 0.1) is 11.6 Å². The number of nitrogens with zero attached hydrogens (tertiary/aromatic N) is 5. The van der Waals surface area contributed by atoms with E-state index < -0.39 is 0 Å². The van der Waals surface area contributed by atoms with Crippen molar-refractivity contribution in [1.29, 1.82) is 0 Å². The minimum atomic E-state index is -0.229. The highest BCUT2D eigenvalue weighted by molar-refractivity contribution is 5.89. The summed E-state index contributed by atoms with van der Waals surface area (Å²) in [5.41, 5.74) is 1.45. The van der Waals surface area contributed by atoms with Gasteiger partial charge in [-0.15, -0.1) is 0 Å². The summed E-state index contributed by atoms with van der Waals surface area (Å²) in [6.45, 7) is 0.693. The van der Waals surface area contributed by atoms with Crippen LogP contribution >= 0.6 is 0 Å². The average Bonchev–Trinajstić information content (AvgIpc) is 3.30. The van der Waals surface area contributed by atoms with E-state index in [-0.39, 0.29) is 18.1 Å². The Hall–Kier alpha value is -3.33. The molecule has 3 aromatic rings. The Balaban J connectivity index is 1.38. The first-order valence-corrected chi connectivity index (χ1v) is 8.61. The average molecular weight is 365 g/mol. The molecule has 1 aliphatic rings. The Labute approximate surface area is 155 Å². The molecule has 1 saturated heterocycles. The third-order valence-corrected chi connectivity index (χ3v) is 4.46. The lowest BCUT2D eigenvalue weighted by Gasteiger charge is -2.14. The molecule has 2 unspecified atom stereocenters. The van der Waals surface area contributed by atoms with Crippen LogP contribution in [0.2, 0.25) is 0 Å². The lowest BCUT2D eigenvalue weighted by molar-refractivity contribution is 0.243. The second-order valence-corrected chi connectivity index (χ2v) is 6.44. The molecule has 0 radical (unpaired) electrons. The van der Waals surface area contributed by atoms with Crippen molar-refractivity contribution in [1.82, 2.24) is 30.3 Å². The van der Waals surface area contributed by atoms with Crippen molar-refractivity contribution >= 4 is 11.7 Å². The maximum Gasteiger partial charge on any atom is 0.319 e. The number of carbonyl (C=O) groups excluding carboxylic acids is 1. The molecule has 2 amide bonds. The molecule has 4 rings (SSSR count). The number of anilines is 1. The molecule has 1 fully saturated rings. The number of likely N-dealkylation sites (tertiary alicyclic amines) is 1. The van der Waals surface area contributed by atoms with E-state index in [1.807, 2.05) is 37.4 Å². The predicted molar refractivity (Wildman–Crippen MR) is 97.7 cm³/mol. The number of carbonyl (C=O) groups is 1. The van der Waals surface area contributed by atoms with Gasteiger partial charge in [0.1, 0.15) is 6.33 Å². The number of hydrogen-bond acceptors (Lipinski definition) is 7. The second-order valence-electron chi connectivity index (χ2n) is 6.44. The molecule has 1 aliphatic heterocycles. The van der Waals surface area contributed by atoms with Crippen molar-refractivity contribution in [3.05, 3.63) is 54.9 Å². The van der Waals surface area contributed by atoms with Crippen LogP contribution in [-0.4, -0.2) is 50.7 Å². The molecule has 1 aromatic carbocycles. The molecule has 2 aromatic heterocycles. The zero-order chi connectivity index (χ0) is 18.6. The minimum Gasteiger partial charge on any atom is -0.337 e. The minimum absolute atomic E-state index is 0.0147. The van der Waals surface area contributed by atoms with E-state index in [1.54, 1.807) is 12.4 Å². The van der Waals surface area contributed by atoms with Crippen molar-refractivity contribution < 1.29 is 9.32 Å². The number of likely N-dealkylation sites (N-methyl/N-ethyl adjacent to an activating group) is 1. The number of para-hydroxylation sites is 1. The molecule has 9 nitrogen and oxygen atoms in total. The lowest BCUT2D eigenvalue weighted by Crippen LogP contribution is -2.39. The van der Waals surface area contributed by atoms with Crippen molar-refractivity contribution in [3.63, 3.8) is 0 Å². The third kappa shape index (κ3) is 3.93. The molecule has 0 saturated carbocycles. The van der Waals surface area contributed by atoms with Gasteiger partial charge in [-0.1, -0.05) is 23.4 Å². The van der Waals surface area contributed by atoms with Crippen LogP contribution in [-0.2, 0) is 0 Å². The number of urea groups is 1. The Morgan fingerprint density at radius 3 is 2.78 bits per heavy atom. The first kappa shape index (κ1) is 17.1. The Bertz CT molecular complexity index is 900. The van der Waals surface area contributed by atoms with Crippen LogP contribution in [0.3, 0.4) is 0 Å². The molecule has 138 valence electrons. The Morgan fingerprint density at radius 2 is 2.00 bits per heavy atom. The van der Waals surface area contributed by atoms with Gasteiger partial charge in [0, 0.05) is 30.7 Å². The molecular weight excluding hydrogens is 346 g/mol. The number of aromatic nitrogens is 4. The number of hydrogen-bond donors (Lipinski definition) is 2. The summed E-state index contributed by atoms with van der Waals surface area (Å²) in [6, 6.07) is 9.04. The fourth-order valence-electron chi connectivity index (χ4n) is 3.17. The van der Waals surface area contributed by atoms with E-state index in [0.29, 0.717) is 30.2 Å². The van der Waals surface area contributed by atoms with Crippen molar-refractivity contribution in [2.24, 2.45) is 0 Å². The highest BCUT2D eigenvalue weighted by Gasteiger charge is 2.35. The van der Waals surface area contributed by atoms with Gasteiger partial charge >= 0.3 is 6.03 Å². The topological polar surface area (TPSA) is 109 Å². The third-order valence-electron chi connectivity index (χ3n) is 4.46. The predicted octanol–water partition coefficient (Wildman–Crippen LogP) is 2.09. The van der Waals surface area contributed by atoms with Gasteiger partial charge in [-0.2, -0.15) is 4.98 Å². The van der Waals surface area contributed by atoms with E-state index >= 15 is 0 Å². The van der Waals surface area contributed by atoms with Crippen LogP contribution in [0.1, 0.15) is 18.4 Å². The molecule has 0 bridgehead atoms. The zero-order valence-corrected chi connectivity index (χ0v) is 14.7. The van der Waals surface area contributed by atoms with Gasteiger partial charge < -0.3 is 15.2 Å². The largest absolute Gasteiger partial charge is 0.337 e. The van der Waals surface area contributed by atoms with Crippen LogP contribution in [0.5, 0.6) is 0 Å². The van der Waals surface area contributed by atoms with Gasteiger partial charge in [-0.25, -0.2) is 14.8 Å². The standard InChI is InChI=1S/C18H19N7O2/c1-25-10-14(22-18(26)21-13-5-3-2-4-6-13)7-15(25)17-23-16(24-27-17)12-8-19-11-20-9-12/h2-6,8-9,11,14-15H,7,10H2,1H3,(H2,21,22,26). The summed E-state index contributed by atoms with van der Waals surface area (Å²) in [4.78, 5) is 26.7. The van der Waals surface area contributed by atoms with Gasteiger partial charge in [-0.05, 0) is 25.6 Å². The molecule has 0 spiro atoms. The van der Waals surface area contributed by atoms with Gasteiger partial charge in [0.2, 0.25) is 11.7 Å². The molecule has 0 aliphatic carbocycles. The monoisotopic (exact) mass is 365 g/mol. The molecule has 2 atom stereocenters. The smallest absolute Gasteiger partial charge is 0.319 e. The molecule has 3 heterocycles. The van der Waals surface area contributed by atoms with Crippen LogP contribution in [0, 0.1) is 0 Å².